The van der Waals surface area contributed by atoms with Crippen molar-refractivity contribution in [2.75, 3.05) is 18.5 Å². The summed E-state index contributed by atoms with van der Waals surface area (Å²) in [6.45, 7) is 4.52. The van der Waals surface area contributed by atoms with Gasteiger partial charge < -0.3 is 10.1 Å². The summed E-state index contributed by atoms with van der Waals surface area (Å²) in [6, 6.07) is 7.07. The molecule has 1 rings (SSSR count). The van der Waals surface area contributed by atoms with E-state index in [1.165, 1.54) is 0 Å². The smallest absolute Gasteiger partial charge is 0.251 e. The number of alkyl halides is 1. The van der Waals surface area contributed by atoms with E-state index >= 15 is 0 Å². The fourth-order valence-electron chi connectivity index (χ4n) is 1.28. The van der Waals surface area contributed by atoms with Crippen LogP contribution in [0.3, 0.4) is 0 Å². The summed E-state index contributed by atoms with van der Waals surface area (Å²) in [7, 11) is 0. The van der Waals surface area contributed by atoms with Crippen molar-refractivity contribution in [3.8, 4) is 5.75 Å². The Labute approximate surface area is 116 Å². The molecule has 0 radical (unpaired) electrons. The van der Waals surface area contributed by atoms with Crippen LogP contribution in [0.4, 0.5) is 0 Å². The highest BCUT2D eigenvalue weighted by Gasteiger charge is 2.04. The number of rotatable bonds is 7. The number of benzene rings is 1. The van der Waals surface area contributed by atoms with Gasteiger partial charge in [-0.2, -0.15) is 0 Å². The van der Waals surface area contributed by atoms with Gasteiger partial charge in [0.15, 0.2) is 0 Å². The Balaban J connectivity index is 2.56. The summed E-state index contributed by atoms with van der Waals surface area (Å²) in [5.74, 6) is 0.553. The average molecular weight is 310 g/mol. The quantitative estimate of drug-likeness (QED) is 0.621. The van der Waals surface area contributed by atoms with Crippen LogP contribution in [0.5, 0.6) is 5.75 Å². The van der Waals surface area contributed by atoms with Crippen molar-refractivity contribution in [1.29, 1.82) is 0 Å². The Bertz CT molecular complexity index is 430. The van der Waals surface area contributed by atoms with E-state index in [1.807, 2.05) is 18.2 Å². The third-order valence-electron chi connectivity index (χ3n) is 2.10. The van der Waals surface area contributed by atoms with E-state index in [-0.39, 0.29) is 5.91 Å². The first-order chi connectivity index (χ1) is 8.77. The van der Waals surface area contributed by atoms with Crippen LogP contribution < -0.4 is 10.1 Å². The summed E-state index contributed by atoms with van der Waals surface area (Å²) < 4.78 is 5.37. The number of nitrogens with one attached hydrogen (secondary N) is 1. The molecular weight excluding hydrogens is 294 g/mol. The molecule has 0 saturated carbocycles. The maximum Gasteiger partial charge on any atom is 0.251 e. The molecule has 96 valence electrons. The minimum Gasteiger partial charge on any atom is -0.490 e. The molecule has 0 heterocycles. The summed E-state index contributed by atoms with van der Waals surface area (Å²) >= 11 is 3.27. The highest BCUT2D eigenvalue weighted by Crippen LogP contribution is 2.13. The minimum absolute atomic E-state index is 0.113. The van der Waals surface area contributed by atoms with Crippen LogP contribution in [-0.2, 0) is 0 Å². The molecule has 1 amide bonds. The van der Waals surface area contributed by atoms with Gasteiger partial charge in [0.1, 0.15) is 12.4 Å². The second kappa shape index (κ2) is 8.53. The molecule has 0 saturated heterocycles. The molecule has 0 fully saturated rings. The number of hydrogen-bond donors (Lipinski definition) is 1. The van der Waals surface area contributed by atoms with E-state index in [4.69, 9.17) is 4.74 Å². The number of ether oxygens (including phenoxy) is 1. The maximum absolute atomic E-state index is 11.8. The van der Waals surface area contributed by atoms with Crippen LogP contribution in [0.15, 0.2) is 49.1 Å². The second-order valence-corrected chi connectivity index (χ2v) is 4.11. The molecule has 0 bridgehead atoms. The molecule has 1 aromatic carbocycles. The highest BCUT2D eigenvalue weighted by atomic mass is 79.9. The largest absolute Gasteiger partial charge is 0.490 e. The molecule has 3 nitrogen and oxygen atoms in total. The van der Waals surface area contributed by atoms with Gasteiger partial charge in [-0.25, -0.2) is 0 Å². The Morgan fingerprint density at radius 2 is 2.28 bits per heavy atom. The molecule has 0 unspecified atom stereocenters. The van der Waals surface area contributed by atoms with E-state index in [0.29, 0.717) is 24.5 Å². The van der Waals surface area contributed by atoms with Crippen LogP contribution in [0, 0.1) is 0 Å². The third-order valence-corrected chi connectivity index (χ3v) is 2.47. The number of carbonyl (C=O) groups is 1. The van der Waals surface area contributed by atoms with Gasteiger partial charge in [-0.15, -0.1) is 0 Å². The molecule has 0 aliphatic carbocycles. The zero-order chi connectivity index (χ0) is 13.2. The van der Waals surface area contributed by atoms with Crippen molar-refractivity contribution in [2.24, 2.45) is 0 Å². The fourth-order valence-corrected chi connectivity index (χ4v) is 1.55. The SMILES string of the molecule is C=CCOc1cccc(C(=O)NC/C=C/CBr)c1. The van der Waals surface area contributed by atoms with Gasteiger partial charge >= 0.3 is 0 Å². The van der Waals surface area contributed by atoms with Gasteiger partial charge in [0, 0.05) is 17.4 Å². The van der Waals surface area contributed by atoms with E-state index in [0.717, 1.165) is 5.33 Å². The number of halogens is 1. The predicted molar refractivity (Wildman–Crippen MR) is 77.4 cm³/mol. The average Bonchev–Trinajstić information content (AvgIpc) is 2.41. The van der Waals surface area contributed by atoms with Crippen LogP contribution >= 0.6 is 15.9 Å². The lowest BCUT2D eigenvalue weighted by molar-refractivity contribution is 0.0957. The van der Waals surface area contributed by atoms with Crippen molar-refractivity contribution in [3.63, 3.8) is 0 Å². The van der Waals surface area contributed by atoms with E-state index in [9.17, 15) is 4.79 Å². The molecule has 4 heteroatoms. The van der Waals surface area contributed by atoms with Crippen LogP contribution in [0.25, 0.3) is 0 Å². The minimum atomic E-state index is -0.113. The van der Waals surface area contributed by atoms with Crippen LogP contribution in [0.2, 0.25) is 0 Å². The molecule has 0 aromatic heterocycles. The van der Waals surface area contributed by atoms with Crippen LogP contribution in [0.1, 0.15) is 10.4 Å². The van der Waals surface area contributed by atoms with Crippen molar-refractivity contribution in [1.82, 2.24) is 5.32 Å². The third kappa shape index (κ3) is 5.19. The highest BCUT2D eigenvalue weighted by molar-refractivity contribution is 9.09. The number of hydrogen-bond acceptors (Lipinski definition) is 2. The van der Waals surface area contributed by atoms with E-state index in [1.54, 1.807) is 24.3 Å². The predicted octanol–water partition coefficient (Wildman–Crippen LogP) is 2.93. The molecule has 0 aliphatic heterocycles. The summed E-state index contributed by atoms with van der Waals surface area (Å²) in [5, 5.41) is 3.58. The van der Waals surface area contributed by atoms with Gasteiger partial charge in [-0.3, -0.25) is 4.79 Å². The topological polar surface area (TPSA) is 38.3 Å². The molecule has 18 heavy (non-hydrogen) atoms. The standard InChI is InChI=1S/C14H16BrNO2/c1-2-10-18-13-7-5-6-12(11-13)14(17)16-9-4-3-8-15/h2-7,11H,1,8-10H2,(H,16,17)/b4-3+. The number of carbonyl (C=O) groups excluding carboxylic acids is 1. The molecule has 0 spiro atoms. The summed E-state index contributed by atoms with van der Waals surface area (Å²) in [5.41, 5.74) is 0.587. The zero-order valence-corrected chi connectivity index (χ0v) is 11.7. The Hall–Kier alpha value is -1.55. The van der Waals surface area contributed by atoms with Gasteiger partial charge in [0.05, 0.1) is 0 Å². The maximum atomic E-state index is 11.8. The molecule has 0 atom stereocenters. The lowest BCUT2D eigenvalue weighted by Crippen LogP contribution is -2.23. The van der Waals surface area contributed by atoms with E-state index in [2.05, 4.69) is 27.8 Å². The van der Waals surface area contributed by atoms with Crippen LogP contribution in [-0.4, -0.2) is 24.4 Å². The second-order valence-electron chi connectivity index (χ2n) is 3.46. The molecule has 0 aliphatic rings. The first-order valence-corrected chi connectivity index (χ1v) is 6.73. The Kier molecular flexibility index (Phi) is 6.87. The summed E-state index contributed by atoms with van der Waals surface area (Å²) in [6.07, 6.45) is 5.49. The number of amides is 1. The molecule has 1 N–H and O–H groups in total. The fraction of sp³-hybridized carbons (Fsp3) is 0.214. The van der Waals surface area contributed by atoms with Gasteiger partial charge in [-0.1, -0.05) is 46.8 Å². The first kappa shape index (κ1) is 14.5. The van der Waals surface area contributed by atoms with Gasteiger partial charge in [-0.05, 0) is 18.2 Å². The van der Waals surface area contributed by atoms with Gasteiger partial charge in [0.25, 0.3) is 5.91 Å². The normalized spacial score (nSPS) is 10.3. The molecule has 1 aromatic rings. The number of allylic oxidation sites excluding steroid dienone is 1. The van der Waals surface area contributed by atoms with Gasteiger partial charge in [0.2, 0.25) is 0 Å². The monoisotopic (exact) mass is 309 g/mol. The van der Waals surface area contributed by atoms with Crippen molar-refractivity contribution < 1.29 is 9.53 Å². The Morgan fingerprint density at radius 1 is 1.44 bits per heavy atom. The van der Waals surface area contributed by atoms with E-state index < -0.39 is 0 Å². The van der Waals surface area contributed by atoms with Crippen molar-refractivity contribution in [2.45, 2.75) is 0 Å². The lowest BCUT2D eigenvalue weighted by atomic mass is 10.2. The zero-order valence-electron chi connectivity index (χ0n) is 10.1. The Morgan fingerprint density at radius 3 is 3.00 bits per heavy atom. The lowest BCUT2D eigenvalue weighted by Gasteiger charge is -2.06. The molecular formula is C14H16BrNO2. The summed E-state index contributed by atoms with van der Waals surface area (Å²) in [4.78, 5) is 11.8. The first-order valence-electron chi connectivity index (χ1n) is 5.61. The van der Waals surface area contributed by atoms with Crippen molar-refractivity contribution >= 4 is 21.8 Å². The van der Waals surface area contributed by atoms with Crippen molar-refractivity contribution in [3.05, 3.63) is 54.6 Å².